The van der Waals surface area contributed by atoms with E-state index in [1.54, 1.807) is 24.3 Å². The Morgan fingerprint density at radius 1 is 1.41 bits per heavy atom. The lowest BCUT2D eigenvalue weighted by atomic mass is 10.2. The standard InChI is InChI=1S/C12H18ClN3O/c1-2-3-11(8-14)16-12(17)15-10-6-4-9(13)5-7-10/h4-7,11H,2-3,8,14H2,1H3,(H2,15,16,17). The second kappa shape index (κ2) is 7.14. The highest BCUT2D eigenvalue weighted by Crippen LogP contribution is 2.13. The molecule has 0 heterocycles. The van der Waals surface area contributed by atoms with E-state index in [0.717, 1.165) is 12.8 Å². The number of benzene rings is 1. The molecule has 4 N–H and O–H groups in total. The molecular formula is C12H18ClN3O. The summed E-state index contributed by atoms with van der Waals surface area (Å²) in [7, 11) is 0. The summed E-state index contributed by atoms with van der Waals surface area (Å²) in [4.78, 5) is 11.6. The molecule has 1 rings (SSSR count). The van der Waals surface area contributed by atoms with Crippen molar-refractivity contribution in [2.75, 3.05) is 11.9 Å². The Morgan fingerprint density at radius 2 is 2.06 bits per heavy atom. The Balaban J connectivity index is 2.46. The predicted octanol–water partition coefficient (Wildman–Crippen LogP) is 2.59. The van der Waals surface area contributed by atoms with E-state index in [1.165, 1.54) is 0 Å². The van der Waals surface area contributed by atoms with E-state index in [4.69, 9.17) is 17.3 Å². The minimum absolute atomic E-state index is 0.0206. The maximum atomic E-state index is 11.6. The number of hydrogen-bond acceptors (Lipinski definition) is 2. The van der Waals surface area contributed by atoms with Gasteiger partial charge in [-0.1, -0.05) is 24.9 Å². The number of nitrogens with one attached hydrogen (secondary N) is 2. The van der Waals surface area contributed by atoms with Crippen LogP contribution in [0.3, 0.4) is 0 Å². The number of hydrogen-bond donors (Lipinski definition) is 3. The van der Waals surface area contributed by atoms with Gasteiger partial charge in [0.25, 0.3) is 0 Å². The molecule has 0 radical (unpaired) electrons. The lowest BCUT2D eigenvalue weighted by Gasteiger charge is -2.16. The second-order valence-electron chi connectivity index (χ2n) is 3.83. The first-order chi connectivity index (χ1) is 8.15. The van der Waals surface area contributed by atoms with E-state index in [1.807, 2.05) is 0 Å². The van der Waals surface area contributed by atoms with Crippen molar-refractivity contribution < 1.29 is 4.79 Å². The zero-order valence-corrected chi connectivity index (χ0v) is 10.6. The van der Waals surface area contributed by atoms with Crippen LogP contribution in [0.4, 0.5) is 10.5 Å². The number of rotatable bonds is 5. The number of carbonyl (C=O) groups is 1. The molecule has 1 atom stereocenters. The largest absolute Gasteiger partial charge is 0.334 e. The zero-order chi connectivity index (χ0) is 12.7. The fraction of sp³-hybridized carbons (Fsp3) is 0.417. The lowest BCUT2D eigenvalue weighted by Crippen LogP contribution is -2.42. The van der Waals surface area contributed by atoms with Crippen LogP contribution < -0.4 is 16.4 Å². The van der Waals surface area contributed by atoms with Crippen molar-refractivity contribution in [3.63, 3.8) is 0 Å². The van der Waals surface area contributed by atoms with Crippen molar-refractivity contribution in [3.05, 3.63) is 29.3 Å². The zero-order valence-electron chi connectivity index (χ0n) is 9.87. The molecule has 1 aromatic carbocycles. The average Bonchev–Trinajstić information content (AvgIpc) is 2.31. The fourth-order valence-corrected chi connectivity index (χ4v) is 1.61. The van der Waals surface area contributed by atoms with E-state index in [0.29, 0.717) is 17.3 Å². The van der Waals surface area contributed by atoms with Gasteiger partial charge in [0.05, 0.1) is 0 Å². The molecule has 5 heteroatoms. The van der Waals surface area contributed by atoms with Crippen LogP contribution in [-0.4, -0.2) is 18.6 Å². The van der Waals surface area contributed by atoms with E-state index in [9.17, 15) is 4.79 Å². The van der Waals surface area contributed by atoms with Crippen LogP contribution in [-0.2, 0) is 0 Å². The van der Waals surface area contributed by atoms with Crippen molar-refractivity contribution >= 4 is 23.3 Å². The fourth-order valence-electron chi connectivity index (χ4n) is 1.48. The van der Waals surface area contributed by atoms with Gasteiger partial charge in [0.15, 0.2) is 0 Å². The van der Waals surface area contributed by atoms with E-state index < -0.39 is 0 Å². The van der Waals surface area contributed by atoms with Crippen molar-refractivity contribution in [3.8, 4) is 0 Å². The SMILES string of the molecule is CCCC(CN)NC(=O)Nc1ccc(Cl)cc1. The van der Waals surface area contributed by atoms with Gasteiger partial charge in [-0.05, 0) is 30.7 Å². The number of halogens is 1. The summed E-state index contributed by atoms with van der Waals surface area (Å²) in [6.07, 6.45) is 1.87. The highest BCUT2D eigenvalue weighted by Gasteiger charge is 2.09. The van der Waals surface area contributed by atoms with Crippen LogP contribution in [0.5, 0.6) is 0 Å². The molecule has 2 amide bonds. The molecule has 0 aromatic heterocycles. The molecular weight excluding hydrogens is 238 g/mol. The quantitative estimate of drug-likeness (QED) is 0.757. The molecule has 0 saturated carbocycles. The molecule has 0 fully saturated rings. The smallest absolute Gasteiger partial charge is 0.319 e. The molecule has 0 bridgehead atoms. The number of amides is 2. The topological polar surface area (TPSA) is 67.1 Å². The summed E-state index contributed by atoms with van der Waals surface area (Å²) in [6, 6.07) is 6.73. The molecule has 1 unspecified atom stereocenters. The highest BCUT2D eigenvalue weighted by molar-refractivity contribution is 6.30. The predicted molar refractivity (Wildman–Crippen MR) is 71.4 cm³/mol. The van der Waals surface area contributed by atoms with Gasteiger partial charge in [-0.25, -0.2) is 4.79 Å². The number of carbonyl (C=O) groups excluding carboxylic acids is 1. The minimum Gasteiger partial charge on any atom is -0.334 e. The molecule has 0 saturated heterocycles. The summed E-state index contributed by atoms with van der Waals surface area (Å²) in [5.74, 6) is 0. The highest BCUT2D eigenvalue weighted by atomic mass is 35.5. The molecule has 17 heavy (non-hydrogen) atoms. The van der Waals surface area contributed by atoms with Gasteiger partial charge in [-0.3, -0.25) is 0 Å². The number of nitrogens with two attached hydrogens (primary N) is 1. The van der Waals surface area contributed by atoms with Crippen molar-refractivity contribution in [1.82, 2.24) is 5.32 Å². The Kier molecular flexibility index (Phi) is 5.80. The number of urea groups is 1. The third kappa shape index (κ3) is 5.06. The molecule has 4 nitrogen and oxygen atoms in total. The first kappa shape index (κ1) is 13.8. The lowest BCUT2D eigenvalue weighted by molar-refractivity contribution is 0.248. The van der Waals surface area contributed by atoms with Crippen LogP contribution in [0, 0.1) is 0 Å². The van der Waals surface area contributed by atoms with Crippen molar-refractivity contribution in [2.45, 2.75) is 25.8 Å². The average molecular weight is 256 g/mol. The van der Waals surface area contributed by atoms with Gasteiger partial charge in [0, 0.05) is 23.3 Å². The minimum atomic E-state index is -0.240. The van der Waals surface area contributed by atoms with Crippen LogP contribution in [0.25, 0.3) is 0 Å². The van der Waals surface area contributed by atoms with Gasteiger partial charge >= 0.3 is 6.03 Å². The Bertz CT molecular complexity index is 353. The van der Waals surface area contributed by atoms with Crippen LogP contribution in [0.1, 0.15) is 19.8 Å². The van der Waals surface area contributed by atoms with Crippen LogP contribution >= 0.6 is 11.6 Å². The third-order valence-electron chi connectivity index (χ3n) is 2.36. The molecule has 94 valence electrons. The Morgan fingerprint density at radius 3 is 2.59 bits per heavy atom. The van der Waals surface area contributed by atoms with Gasteiger partial charge < -0.3 is 16.4 Å². The molecule has 0 spiro atoms. The maximum Gasteiger partial charge on any atom is 0.319 e. The Hall–Kier alpha value is -1.26. The van der Waals surface area contributed by atoms with E-state index >= 15 is 0 Å². The van der Waals surface area contributed by atoms with E-state index in [-0.39, 0.29) is 12.1 Å². The van der Waals surface area contributed by atoms with Crippen molar-refractivity contribution in [1.29, 1.82) is 0 Å². The number of anilines is 1. The summed E-state index contributed by atoms with van der Waals surface area (Å²) < 4.78 is 0. The molecule has 1 aromatic rings. The van der Waals surface area contributed by atoms with Crippen molar-refractivity contribution in [2.24, 2.45) is 5.73 Å². The first-order valence-corrected chi connectivity index (χ1v) is 6.06. The van der Waals surface area contributed by atoms with Gasteiger partial charge in [0.2, 0.25) is 0 Å². The normalized spacial score (nSPS) is 11.9. The summed E-state index contributed by atoms with van der Waals surface area (Å²) in [5, 5.41) is 6.19. The van der Waals surface area contributed by atoms with E-state index in [2.05, 4.69) is 17.6 Å². The third-order valence-corrected chi connectivity index (χ3v) is 2.61. The van der Waals surface area contributed by atoms with Gasteiger partial charge in [-0.2, -0.15) is 0 Å². The monoisotopic (exact) mass is 255 g/mol. The summed E-state index contributed by atoms with van der Waals surface area (Å²) in [5.41, 5.74) is 6.27. The molecule has 0 aliphatic rings. The molecule has 0 aliphatic heterocycles. The molecule has 0 aliphatic carbocycles. The van der Waals surface area contributed by atoms with Gasteiger partial charge in [-0.15, -0.1) is 0 Å². The first-order valence-electron chi connectivity index (χ1n) is 5.69. The van der Waals surface area contributed by atoms with Crippen LogP contribution in [0.15, 0.2) is 24.3 Å². The van der Waals surface area contributed by atoms with Gasteiger partial charge in [0.1, 0.15) is 0 Å². The summed E-state index contributed by atoms with van der Waals surface area (Å²) in [6.45, 7) is 2.50. The van der Waals surface area contributed by atoms with Crippen LogP contribution in [0.2, 0.25) is 5.02 Å². The maximum absolute atomic E-state index is 11.6. The Labute approximate surface area is 107 Å². The summed E-state index contributed by atoms with van der Waals surface area (Å²) >= 11 is 5.75. The second-order valence-corrected chi connectivity index (χ2v) is 4.26.